The molecule has 2 heterocycles. The summed E-state index contributed by atoms with van der Waals surface area (Å²) in [7, 11) is 0. The number of hydrogen-bond donors (Lipinski definition) is 1. The number of aromatic nitrogens is 4. The van der Waals surface area contributed by atoms with Crippen LogP contribution in [0.5, 0.6) is 5.75 Å². The molecule has 7 heteroatoms. The molecule has 1 N–H and O–H groups in total. The molecule has 0 aliphatic carbocycles. The van der Waals surface area contributed by atoms with Crippen LogP contribution in [0.1, 0.15) is 37.2 Å². The molecule has 0 bridgehead atoms. The molecule has 0 unspecified atom stereocenters. The number of benzene rings is 2. The molecule has 0 aliphatic heterocycles. The molecule has 2 aromatic heterocycles. The van der Waals surface area contributed by atoms with Gasteiger partial charge in [-0.15, -0.1) is 0 Å². The van der Waals surface area contributed by atoms with Gasteiger partial charge >= 0.3 is 0 Å². The first-order valence-electron chi connectivity index (χ1n) is 10.3. The molecule has 0 atom stereocenters. The van der Waals surface area contributed by atoms with Crippen molar-refractivity contribution in [3.05, 3.63) is 66.5 Å². The van der Waals surface area contributed by atoms with Crippen molar-refractivity contribution in [2.24, 2.45) is 0 Å². The Kier molecular flexibility index (Phi) is 5.93. The van der Waals surface area contributed by atoms with Crippen LogP contribution in [0.25, 0.3) is 22.6 Å². The minimum atomic E-state index is 0.0228. The van der Waals surface area contributed by atoms with Crippen molar-refractivity contribution in [1.82, 2.24) is 19.5 Å². The smallest absolute Gasteiger partial charge is 0.166 e. The first-order valence-corrected chi connectivity index (χ1v) is 10.3. The van der Waals surface area contributed by atoms with E-state index in [1.807, 2.05) is 54.6 Å². The lowest BCUT2D eigenvalue weighted by Gasteiger charge is -2.13. The zero-order valence-corrected chi connectivity index (χ0v) is 17.9. The van der Waals surface area contributed by atoms with Gasteiger partial charge in [0.1, 0.15) is 24.5 Å². The fraction of sp³-hybridized carbons (Fsp3) is 0.250. The number of imidazole rings is 1. The monoisotopic (exact) mass is 415 g/mol. The Labute approximate surface area is 181 Å². The van der Waals surface area contributed by atoms with Crippen LogP contribution in [0.2, 0.25) is 0 Å². The number of carbonyl (C=O) groups is 1. The van der Waals surface area contributed by atoms with Crippen molar-refractivity contribution in [3.63, 3.8) is 0 Å². The third kappa shape index (κ3) is 4.40. The number of Topliss-reactive ketones (excluding diaryl/α,β-unsaturated/α-hetero) is 1. The Morgan fingerprint density at radius 1 is 1.10 bits per heavy atom. The lowest BCUT2D eigenvalue weighted by Crippen LogP contribution is -2.13. The molecule has 4 aromatic rings. The highest BCUT2D eigenvalue weighted by molar-refractivity contribution is 5.95. The fourth-order valence-electron chi connectivity index (χ4n) is 3.46. The Morgan fingerprint density at radius 2 is 1.90 bits per heavy atom. The predicted octanol–water partition coefficient (Wildman–Crippen LogP) is 4.77. The molecule has 0 radical (unpaired) electrons. The van der Waals surface area contributed by atoms with Gasteiger partial charge in [0.15, 0.2) is 22.8 Å². The minimum Gasteiger partial charge on any atom is -0.492 e. The lowest BCUT2D eigenvalue weighted by atomic mass is 10.1. The van der Waals surface area contributed by atoms with Gasteiger partial charge in [0.05, 0.1) is 6.54 Å². The van der Waals surface area contributed by atoms with Gasteiger partial charge in [0.2, 0.25) is 0 Å². The number of ether oxygens (including phenoxy) is 1. The van der Waals surface area contributed by atoms with E-state index in [1.165, 1.54) is 0 Å². The number of nitrogens with zero attached hydrogens (tertiary/aromatic N) is 4. The molecular formula is C24H25N5O2. The topological polar surface area (TPSA) is 81.9 Å². The maximum Gasteiger partial charge on any atom is 0.166 e. The zero-order valence-electron chi connectivity index (χ0n) is 17.9. The van der Waals surface area contributed by atoms with E-state index in [4.69, 9.17) is 9.72 Å². The Hall–Kier alpha value is -3.74. The van der Waals surface area contributed by atoms with Crippen LogP contribution in [-0.4, -0.2) is 38.5 Å². The Morgan fingerprint density at radius 3 is 2.65 bits per heavy atom. The van der Waals surface area contributed by atoms with Crippen molar-refractivity contribution in [2.45, 2.75) is 26.8 Å². The van der Waals surface area contributed by atoms with Gasteiger partial charge in [-0.25, -0.2) is 15.0 Å². The average Bonchev–Trinajstić information content (AvgIpc) is 3.18. The van der Waals surface area contributed by atoms with Crippen LogP contribution in [0, 0.1) is 0 Å². The zero-order chi connectivity index (χ0) is 21.8. The number of carbonyl (C=O) groups excluding carboxylic acids is 1. The van der Waals surface area contributed by atoms with Crippen LogP contribution in [0.15, 0.2) is 60.9 Å². The van der Waals surface area contributed by atoms with E-state index in [0.717, 1.165) is 22.8 Å². The first kappa shape index (κ1) is 20.5. The highest BCUT2D eigenvalue weighted by Gasteiger charge is 2.19. The van der Waals surface area contributed by atoms with Gasteiger partial charge in [-0.1, -0.05) is 36.4 Å². The van der Waals surface area contributed by atoms with Crippen molar-refractivity contribution in [1.29, 1.82) is 0 Å². The Bertz CT molecular complexity index is 1200. The maximum atomic E-state index is 11.9. The van der Waals surface area contributed by atoms with Crippen molar-refractivity contribution < 1.29 is 9.53 Å². The number of fused-ring (bicyclic) bond motifs is 1. The molecule has 0 fully saturated rings. The number of anilines is 1. The van der Waals surface area contributed by atoms with Gasteiger partial charge in [-0.05, 0) is 39.0 Å². The highest BCUT2D eigenvalue weighted by Crippen LogP contribution is 2.30. The molecule has 0 spiro atoms. The van der Waals surface area contributed by atoms with Crippen molar-refractivity contribution in [3.8, 4) is 17.1 Å². The van der Waals surface area contributed by atoms with E-state index >= 15 is 0 Å². The third-order valence-corrected chi connectivity index (χ3v) is 4.93. The molecule has 7 nitrogen and oxygen atoms in total. The average molecular weight is 415 g/mol. The largest absolute Gasteiger partial charge is 0.492 e. The molecule has 0 amide bonds. The molecule has 0 saturated carbocycles. The van der Waals surface area contributed by atoms with Crippen LogP contribution in [0.3, 0.4) is 0 Å². The predicted molar refractivity (Wildman–Crippen MR) is 122 cm³/mol. The lowest BCUT2D eigenvalue weighted by molar-refractivity contribution is 0.101. The molecule has 4 rings (SSSR count). The number of hydrogen-bond acceptors (Lipinski definition) is 6. The SMILES string of the molecule is CC(=O)c1cccc(-c2nc3c(NCCOc4ccccc4)ncnc3n2C(C)C)c1. The van der Waals surface area contributed by atoms with E-state index in [2.05, 4.69) is 33.7 Å². The second-order valence-corrected chi connectivity index (χ2v) is 7.52. The van der Waals surface area contributed by atoms with Crippen molar-refractivity contribution in [2.75, 3.05) is 18.5 Å². The first-order chi connectivity index (χ1) is 15.0. The second kappa shape index (κ2) is 8.95. The summed E-state index contributed by atoms with van der Waals surface area (Å²) in [4.78, 5) is 25.6. The van der Waals surface area contributed by atoms with Crippen LogP contribution in [-0.2, 0) is 0 Å². The molecule has 0 saturated heterocycles. The normalized spacial score (nSPS) is 11.1. The third-order valence-electron chi connectivity index (χ3n) is 4.93. The maximum absolute atomic E-state index is 11.9. The molecule has 0 aliphatic rings. The number of ketones is 1. The van der Waals surface area contributed by atoms with Crippen molar-refractivity contribution >= 4 is 22.8 Å². The summed E-state index contributed by atoms with van der Waals surface area (Å²) in [6, 6.07) is 17.3. The quantitative estimate of drug-likeness (QED) is 0.330. The summed E-state index contributed by atoms with van der Waals surface area (Å²) >= 11 is 0. The standard InChI is InChI=1S/C24H25N5O2/c1-16(2)29-23(19-9-7-8-18(14-19)17(3)30)28-21-22(26-15-27-24(21)29)25-12-13-31-20-10-5-4-6-11-20/h4-11,14-16H,12-13H2,1-3H3,(H,25,26,27). The number of nitrogens with one attached hydrogen (secondary N) is 1. The van der Waals surface area contributed by atoms with Crippen LogP contribution in [0.4, 0.5) is 5.82 Å². The van der Waals surface area contributed by atoms with E-state index in [0.29, 0.717) is 30.0 Å². The number of rotatable bonds is 8. The number of para-hydroxylation sites is 1. The summed E-state index contributed by atoms with van der Waals surface area (Å²) in [6.07, 6.45) is 1.54. The summed E-state index contributed by atoms with van der Waals surface area (Å²) in [6.45, 7) is 6.80. The van der Waals surface area contributed by atoms with Gasteiger partial charge in [0, 0.05) is 17.2 Å². The van der Waals surface area contributed by atoms with E-state index in [-0.39, 0.29) is 11.8 Å². The molecular weight excluding hydrogens is 390 g/mol. The minimum absolute atomic E-state index is 0.0228. The van der Waals surface area contributed by atoms with Gasteiger partial charge in [-0.2, -0.15) is 0 Å². The molecule has 158 valence electrons. The van der Waals surface area contributed by atoms with E-state index < -0.39 is 0 Å². The molecule has 31 heavy (non-hydrogen) atoms. The van der Waals surface area contributed by atoms with Gasteiger partial charge in [0.25, 0.3) is 0 Å². The summed E-state index contributed by atoms with van der Waals surface area (Å²) in [5.74, 6) is 2.27. The Balaban J connectivity index is 1.64. The summed E-state index contributed by atoms with van der Waals surface area (Å²) < 4.78 is 7.82. The second-order valence-electron chi connectivity index (χ2n) is 7.52. The fourth-order valence-corrected chi connectivity index (χ4v) is 3.46. The van der Waals surface area contributed by atoms with Gasteiger partial charge in [-0.3, -0.25) is 4.79 Å². The summed E-state index contributed by atoms with van der Waals surface area (Å²) in [5, 5.41) is 3.31. The highest BCUT2D eigenvalue weighted by atomic mass is 16.5. The van der Waals surface area contributed by atoms with E-state index in [1.54, 1.807) is 13.3 Å². The van der Waals surface area contributed by atoms with Crippen LogP contribution >= 0.6 is 0 Å². The van der Waals surface area contributed by atoms with E-state index in [9.17, 15) is 4.79 Å². The molecule has 2 aromatic carbocycles. The summed E-state index contributed by atoms with van der Waals surface area (Å²) in [5.41, 5.74) is 2.97. The van der Waals surface area contributed by atoms with Gasteiger partial charge < -0.3 is 14.6 Å². The van der Waals surface area contributed by atoms with Crippen LogP contribution < -0.4 is 10.1 Å².